The summed E-state index contributed by atoms with van der Waals surface area (Å²) < 4.78 is 0. The number of rotatable bonds is 3. The minimum atomic E-state index is 0.453. The van der Waals surface area contributed by atoms with Gasteiger partial charge in [0.1, 0.15) is 22.7 Å². The van der Waals surface area contributed by atoms with Gasteiger partial charge in [-0.2, -0.15) is 0 Å². The van der Waals surface area contributed by atoms with Gasteiger partial charge in [0, 0.05) is 5.75 Å². The molecule has 0 aromatic carbocycles. The highest BCUT2D eigenvalue weighted by molar-refractivity contribution is 7.98. The van der Waals surface area contributed by atoms with Crippen LogP contribution in [0.3, 0.4) is 0 Å². The SMILES string of the molecule is Nc1ccc(Cl)c(CSc2ncnc3nc[nH]c23)n1. The number of nitrogens with zero attached hydrogens (tertiary/aromatic N) is 4. The Bertz CT molecular complexity index is 728. The van der Waals surface area contributed by atoms with Crippen LogP contribution in [0.15, 0.2) is 29.8 Å². The zero-order valence-corrected chi connectivity index (χ0v) is 11.2. The number of nitrogen functional groups attached to an aromatic ring is 1. The van der Waals surface area contributed by atoms with Crippen LogP contribution in [0.1, 0.15) is 5.69 Å². The highest BCUT2D eigenvalue weighted by Crippen LogP contribution is 2.27. The van der Waals surface area contributed by atoms with E-state index < -0.39 is 0 Å². The van der Waals surface area contributed by atoms with Crippen molar-refractivity contribution in [1.82, 2.24) is 24.9 Å². The molecular weight excluding hydrogens is 284 g/mol. The summed E-state index contributed by atoms with van der Waals surface area (Å²) in [5, 5.41) is 1.40. The molecule has 96 valence electrons. The minimum absolute atomic E-state index is 0.453. The number of nitrogens with one attached hydrogen (secondary N) is 1. The largest absolute Gasteiger partial charge is 0.384 e. The summed E-state index contributed by atoms with van der Waals surface area (Å²) in [6.45, 7) is 0. The van der Waals surface area contributed by atoms with Crippen molar-refractivity contribution in [3.63, 3.8) is 0 Å². The minimum Gasteiger partial charge on any atom is -0.384 e. The summed E-state index contributed by atoms with van der Waals surface area (Å²) in [6.07, 6.45) is 3.08. The molecule has 8 heteroatoms. The molecule has 3 heterocycles. The van der Waals surface area contributed by atoms with E-state index in [1.807, 2.05) is 0 Å². The number of pyridine rings is 1. The molecule has 3 N–H and O–H groups in total. The van der Waals surface area contributed by atoms with Crippen molar-refractivity contribution in [2.24, 2.45) is 0 Å². The van der Waals surface area contributed by atoms with E-state index in [0.29, 0.717) is 22.2 Å². The van der Waals surface area contributed by atoms with Gasteiger partial charge in [-0.1, -0.05) is 23.4 Å². The molecule has 0 aliphatic rings. The quantitative estimate of drug-likeness (QED) is 0.568. The van der Waals surface area contributed by atoms with E-state index in [1.54, 1.807) is 18.5 Å². The van der Waals surface area contributed by atoms with Crippen LogP contribution in [-0.4, -0.2) is 24.9 Å². The third-order valence-electron chi connectivity index (χ3n) is 2.47. The molecule has 0 bridgehead atoms. The molecule has 0 aliphatic carbocycles. The van der Waals surface area contributed by atoms with Crippen molar-refractivity contribution >= 4 is 40.3 Å². The van der Waals surface area contributed by atoms with Crippen molar-refractivity contribution in [3.8, 4) is 0 Å². The predicted molar refractivity (Wildman–Crippen MR) is 74.9 cm³/mol. The average molecular weight is 293 g/mol. The number of halogens is 1. The standard InChI is InChI=1S/C11H9ClN6S/c12-6-1-2-8(13)18-7(6)3-19-11-9-10(15-4-14-9)16-5-17-11/h1-2,4-5H,3H2,(H2,13,18)(H,14,15,16,17). The molecule has 6 nitrogen and oxygen atoms in total. The second kappa shape index (κ2) is 5.02. The normalized spacial score (nSPS) is 11.0. The molecule has 0 aliphatic heterocycles. The topological polar surface area (TPSA) is 93.4 Å². The smallest absolute Gasteiger partial charge is 0.181 e. The monoisotopic (exact) mass is 292 g/mol. The fraction of sp³-hybridized carbons (Fsp3) is 0.0909. The van der Waals surface area contributed by atoms with Crippen LogP contribution in [-0.2, 0) is 5.75 Å². The Labute approximate surface area is 117 Å². The first-order chi connectivity index (χ1) is 9.24. The number of thioether (sulfide) groups is 1. The van der Waals surface area contributed by atoms with E-state index in [-0.39, 0.29) is 0 Å². The van der Waals surface area contributed by atoms with Crippen LogP contribution < -0.4 is 5.73 Å². The number of aromatic amines is 1. The van der Waals surface area contributed by atoms with E-state index in [2.05, 4.69) is 24.9 Å². The molecule has 0 saturated heterocycles. The zero-order chi connectivity index (χ0) is 13.2. The first-order valence-corrected chi connectivity index (χ1v) is 6.78. The molecule has 0 amide bonds. The van der Waals surface area contributed by atoms with Crippen molar-refractivity contribution in [2.45, 2.75) is 10.8 Å². The summed E-state index contributed by atoms with van der Waals surface area (Å²) in [5.74, 6) is 1.03. The van der Waals surface area contributed by atoms with E-state index in [1.165, 1.54) is 18.1 Å². The lowest BCUT2D eigenvalue weighted by molar-refractivity contribution is 1.08. The van der Waals surface area contributed by atoms with Crippen LogP contribution in [0, 0.1) is 0 Å². The number of hydrogen-bond donors (Lipinski definition) is 2. The van der Waals surface area contributed by atoms with Gasteiger partial charge in [0.15, 0.2) is 5.65 Å². The molecular formula is C11H9ClN6S. The Balaban J connectivity index is 1.86. The van der Waals surface area contributed by atoms with Gasteiger partial charge in [0.2, 0.25) is 0 Å². The number of fused-ring (bicyclic) bond motifs is 1. The molecule has 3 aromatic heterocycles. The maximum atomic E-state index is 6.08. The number of H-pyrrole nitrogens is 1. The fourth-order valence-electron chi connectivity index (χ4n) is 1.59. The van der Waals surface area contributed by atoms with Crippen molar-refractivity contribution in [1.29, 1.82) is 0 Å². The van der Waals surface area contributed by atoms with Gasteiger partial charge in [-0.15, -0.1) is 0 Å². The van der Waals surface area contributed by atoms with E-state index in [0.717, 1.165) is 16.2 Å². The molecule has 0 radical (unpaired) electrons. The van der Waals surface area contributed by atoms with E-state index >= 15 is 0 Å². The first-order valence-electron chi connectivity index (χ1n) is 5.42. The Morgan fingerprint density at radius 1 is 1.26 bits per heavy atom. The lowest BCUT2D eigenvalue weighted by Gasteiger charge is -2.04. The number of nitrogens with two attached hydrogens (primary N) is 1. The number of anilines is 1. The van der Waals surface area contributed by atoms with Crippen molar-refractivity contribution in [3.05, 3.63) is 35.5 Å². The Kier molecular flexibility index (Phi) is 3.22. The van der Waals surface area contributed by atoms with Crippen LogP contribution in [0.25, 0.3) is 11.2 Å². The third kappa shape index (κ3) is 2.47. The summed E-state index contributed by atoms with van der Waals surface area (Å²) >= 11 is 7.58. The van der Waals surface area contributed by atoms with E-state index in [9.17, 15) is 0 Å². The Morgan fingerprint density at radius 3 is 3.05 bits per heavy atom. The summed E-state index contributed by atoms with van der Waals surface area (Å²) in [7, 11) is 0. The molecule has 0 atom stereocenters. The van der Waals surface area contributed by atoms with Gasteiger partial charge < -0.3 is 10.7 Å². The number of hydrogen-bond acceptors (Lipinski definition) is 6. The first kappa shape index (κ1) is 12.2. The second-order valence-electron chi connectivity index (χ2n) is 3.73. The lowest BCUT2D eigenvalue weighted by atomic mass is 10.4. The van der Waals surface area contributed by atoms with E-state index in [4.69, 9.17) is 17.3 Å². The van der Waals surface area contributed by atoms with Crippen molar-refractivity contribution < 1.29 is 0 Å². The molecule has 19 heavy (non-hydrogen) atoms. The van der Waals surface area contributed by atoms with Crippen LogP contribution >= 0.6 is 23.4 Å². The van der Waals surface area contributed by atoms with Gasteiger partial charge in [-0.3, -0.25) is 0 Å². The molecule has 3 rings (SSSR count). The van der Waals surface area contributed by atoms with Gasteiger partial charge in [0.05, 0.1) is 17.0 Å². The van der Waals surface area contributed by atoms with Gasteiger partial charge in [-0.05, 0) is 12.1 Å². The highest BCUT2D eigenvalue weighted by Gasteiger charge is 2.09. The van der Waals surface area contributed by atoms with Crippen LogP contribution in [0.5, 0.6) is 0 Å². The maximum Gasteiger partial charge on any atom is 0.181 e. The number of imidazole rings is 1. The summed E-state index contributed by atoms with van der Waals surface area (Å²) in [4.78, 5) is 19.6. The highest BCUT2D eigenvalue weighted by atomic mass is 35.5. The van der Waals surface area contributed by atoms with Crippen molar-refractivity contribution in [2.75, 3.05) is 5.73 Å². The van der Waals surface area contributed by atoms with Gasteiger partial charge in [0.25, 0.3) is 0 Å². The van der Waals surface area contributed by atoms with Crippen LogP contribution in [0.2, 0.25) is 5.02 Å². The average Bonchev–Trinajstić information content (AvgIpc) is 2.88. The Hall–Kier alpha value is -1.86. The predicted octanol–water partition coefficient (Wildman–Crippen LogP) is 2.28. The summed E-state index contributed by atoms with van der Waals surface area (Å²) in [6, 6.07) is 3.42. The molecule has 0 fully saturated rings. The second-order valence-corrected chi connectivity index (χ2v) is 5.10. The Morgan fingerprint density at radius 2 is 2.16 bits per heavy atom. The maximum absolute atomic E-state index is 6.08. The molecule has 0 unspecified atom stereocenters. The van der Waals surface area contributed by atoms with Gasteiger partial charge in [-0.25, -0.2) is 19.9 Å². The lowest BCUT2D eigenvalue weighted by Crippen LogP contribution is -1.95. The number of aromatic nitrogens is 5. The van der Waals surface area contributed by atoms with Crippen LogP contribution in [0.4, 0.5) is 5.82 Å². The molecule has 0 spiro atoms. The molecule has 0 saturated carbocycles. The fourth-order valence-corrected chi connectivity index (χ4v) is 2.75. The molecule has 3 aromatic rings. The van der Waals surface area contributed by atoms with Gasteiger partial charge >= 0.3 is 0 Å². The third-order valence-corrected chi connectivity index (χ3v) is 3.82. The summed E-state index contributed by atoms with van der Waals surface area (Å²) in [5.41, 5.74) is 7.84. The zero-order valence-electron chi connectivity index (χ0n) is 9.67.